The van der Waals surface area contributed by atoms with Crippen molar-refractivity contribution in [2.24, 2.45) is 0 Å². The number of nitro groups is 1. The number of hydrogen-bond acceptors (Lipinski definition) is 6. The van der Waals surface area contributed by atoms with Crippen molar-refractivity contribution in [2.45, 2.75) is 6.54 Å². The first-order valence-electron chi connectivity index (χ1n) is 9.61. The number of aromatic nitrogens is 3. The fraction of sp³-hybridized carbons (Fsp3) is 0.250. The van der Waals surface area contributed by atoms with E-state index in [9.17, 15) is 14.9 Å². The maximum Gasteiger partial charge on any atom is 0.269 e. The Kier molecular flexibility index (Phi) is 6.01. The summed E-state index contributed by atoms with van der Waals surface area (Å²) in [6.45, 7) is 2.48. The molecule has 0 spiro atoms. The average Bonchev–Trinajstić information content (AvgIpc) is 3.14. The van der Waals surface area contributed by atoms with E-state index in [1.54, 1.807) is 33.7 Å². The average molecular weight is 459 g/mol. The zero-order chi connectivity index (χ0) is 22.0. The summed E-state index contributed by atoms with van der Waals surface area (Å²) in [7, 11) is 0. The first kappa shape index (κ1) is 21.0. The number of nitrogens with zero attached hydrogens (tertiary/aromatic N) is 5. The van der Waals surface area contributed by atoms with Crippen LogP contribution in [0, 0.1) is 14.9 Å². The van der Waals surface area contributed by atoms with Gasteiger partial charge in [-0.05, 0) is 48.6 Å². The highest BCUT2D eigenvalue weighted by Crippen LogP contribution is 2.22. The second kappa shape index (κ2) is 8.86. The van der Waals surface area contributed by atoms with Crippen molar-refractivity contribution in [3.63, 3.8) is 0 Å². The van der Waals surface area contributed by atoms with Crippen molar-refractivity contribution in [2.75, 3.05) is 31.1 Å². The quantitative estimate of drug-likeness (QED) is 0.356. The number of carbonyl (C=O) groups excluding carboxylic acids is 1. The minimum atomic E-state index is -0.417. The van der Waals surface area contributed by atoms with E-state index in [1.807, 2.05) is 12.1 Å². The molecule has 1 aromatic heterocycles. The van der Waals surface area contributed by atoms with Crippen LogP contribution in [0.15, 0.2) is 48.5 Å². The largest absolute Gasteiger partial charge is 0.368 e. The molecule has 0 radical (unpaired) electrons. The Morgan fingerprint density at radius 2 is 1.74 bits per heavy atom. The normalized spacial score (nSPS) is 14.0. The zero-order valence-electron chi connectivity index (χ0n) is 16.4. The number of piperazine rings is 1. The Morgan fingerprint density at radius 3 is 2.35 bits per heavy atom. The minimum absolute atomic E-state index is 0.0453. The van der Waals surface area contributed by atoms with Gasteiger partial charge >= 0.3 is 0 Å². The molecule has 9 nitrogen and oxygen atoms in total. The molecule has 31 heavy (non-hydrogen) atoms. The van der Waals surface area contributed by atoms with E-state index < -0.39 is 4.92 Å². The minimum Gasteiger partial charge on any atom is -0.368 e. The van der Waals surface area contributed by atoms with Gasteiger partial charge in [0.15, 0.2) is 10.6 Å². The molecule has 3 aromatic rings. The molecule has 0 bridgehead atoms. The molecule has 1 fully saturated rings. The molecule has 1 N–H and O–H groups in total. The number of H-pyrrole nitrogens is 1. The van der Waals surface area contributed by atoms with Gasteiger partial charge in [-0.1, -0.05) is 11.6 Å². The van der Waals surface area contributed by atoms with Crippen LogP contribution in [0.1, 0.15) is 0 Å². The monoisotopic (exact) mass is 458 g/mol. The molecular weight excluding hydrogens is 440 g/mol. The summed E-state index contributed by atoms with van der Waals surface area (Å²) in [6, 6.07) is 13.6. The molecule has 1 aliphatic heterocycles. The van der Waals surface area contributed by atoms with Crippen molar-refractivity contribution >= 4 is 41.1 Å². The number of benzene rings is 2. The van der Waals surface area contributed by atoms with Gasteiger partial charge in [0.1, 0.15) is 6.54 Å². The summed E-state index contributed by atoms with van der Waals surface area (Å²) in [5.41, 5.74) is 1.78. The molecule has 1 aliphatic rings. The molecule has 11 heteroatoms. The molecule has 2 heterocycles. The summed E-state index contributed by atoms with van der Waals surface area (Å²) < 4.78 is 2.06. The summed E-state index contributed by atoms with van der Waals surface area (Å²) in [6.07, 6.45) is 0. The van der Waals surface area contributed by atoms with Crippen LogP contribution in [0.3, 0.4) is 0 Å². The lowest BCUT2D eigenvalue weighted by molar-refractivity contribution is -0.384. The standard InChI is InChI=1S/C20H19ClN6O3S/c21-15-3-1-14(2-4-15)19-22-23-20(31)26(19)13-18(28)25-11-9-24(10-12-25)16-5-7-17(8-6-16)27(29)30/h1-8H,9-13H2,(H,23,31). The smallest absolute Gasteiger partial charge is 0.269 e. The summed E-state index contributed by atoms with van der Waals surface area (Å²) in [5.74, 6) is 0.538. The predicted molar refractivity (Wildman–Crippen MR) is 120 cm³/mol. The zero-order valence-corrected chi connectivity index (χ0v) is 18.0. The van der Waals surface area contributed by atoms with E-state index >= 15 is 0 Å². The highest BCUT2D eigenvalue weighted by atomic mass is 35.5. The van der Waals surface area contributed by atoms with Crippen LogP contribution < -0.4 is 4.90 Å². The van der Waals surface area contributed by atoms with Gasteiger partial charge in [0.2, 0.25) is 5.91 Å². The van der Waals surface area contributed by atoms with Gasteiger partial charge in [0.25, 0.3) is 5.69 Å². The predicted octanol–water partition coefficient (Wildman–Crippen LogP) is 3.52. The van der Waals surface area contributed by atoms with Gasteiger partial charge in [-0.25, -0.2) is 0 Å². The third-order valence-electron chi connectivity index (χ3n) is 5.21. The van der Waals surface area contributed by atoms with E-state index in [4.69, 9.17) is 23.8 Å². The molecular formula is C20H19ClN6O3S. The molecule has 160 valence electrons. The topological polar surface area (TPSA) is 100 Å². The van der Waals surface area contributed by atoms with Crippen molar-refractivity contribution in [3.05, 3.63) is 68.4 Å². The summed E-state index contributed by atoms with van der Waals surface area (Å²) in [4.78, 5) is 27.2. The van der Waals surface area contributed by atoms with Crippen LogP contribution in [-0.2, 0) is 11.3 Å². The van der Waals surface area contributed by atoms with Gasteiger partial charge in [-0.3, -0.25) is 24.6 Å². The number of amides is 1. The lowest BCUT2D eigenvalue weighted by Crippen LogP contribution is -2.49. The number of carbonyl (C=O) groups is 1. The first-order valence-corrected chi connectivity index (χ1v) is 10.4. The third-order valence-corrected chi connectivity index (χ3v) is 5.78. The highest BCUT2D eigenvalue weighted by molar-refractivity contribution is 7.71. The number of non-ortho nitro benzene ring substituents is 1. The molecule has 0 atom stereocenters. The number of hydrogen-bond donors (Lipinski definition) is 1. The Bertz CT molecular complexity index is 1150. The van der Waals surface area contributed by atoms with Crippen LogP contribution in [0.25, 0.3) is 11.4 Å². The maximum absolute atomic E-state index is 12.9. The maximum atomic E-state index is 12.9. The number of nitrogens with one attached hydrogen (secondary N) is 1. The van der Waals surface area contributed by atoms with Crippen molar-refractivity contribution in [1.29, 1.82) is 0 Å². The van der Waals surface area contributed by atoms with Crippen LogP contribution in [0.4, 0.5) is 11.4 Å². The number of rotatable bonds is 5. The molecule has 2 aromatic carbocycles. The second-order valence-corrected chi connectivity index (χ2v) is 7.91. The van der Waals surface area contributed by atoms with Gasteiger partial charge in [0.05, 0.1) is 4.92 Å². The molecule has 0 unspecified atom stereocenters. The van der Waals surface area contributed by atoms with E-state index in [1.165, 1.54) is 12.1 Å². The third kappa shape index (κ3) is 4.59. The number of nitro benzene ring substituents is 1. The van der Waals surface area contributed by atoms with Crippen LogP contribution in [0.2, 0.25) is 5.02 Å². The van der Waals surface area contributed by atoms with Crippen LogP contribution in [0.5, 0.6) is 0 Å². The SMILES string of the molecule is O=C(Cn1c(-c2ccc(Cl)cc2)n[nH]c1=S)N1CCN(c2ccc([N+](=O)[O-])cc2)CC1. The fourth-order valence-electron chi connectivity index (χ4n) is 3.52. The molecule has 0 aliphatic carbocycles. The molecule has 1 saturated heterocycles. The van der Waals surface area contributed by atoms with E-state index in [2.05, 4.69) is 15.1 Å². The number of halogens is 1. The van der Waals surface area contributed by atoms with E-state index in [0.717, 1.165) is 11.3 Å². The van der Waals surface area contributed by atoms with Gasteiger partial charge < -0.3 is 9.80 Å². The van der Waals surface area contributed by atoms with Crippen molar-refractivity contribution in [3.8, 4) is 11.4 Å². The number of aromatic amines is 1. The number of anilines is 1. The van der Waals surface area contributed by atoms with Crippen LogP contribution >= 0.6 is 23.8 Å². The van der Waals surface area contributed by atoms with Crippen LogP contribution in [-0.4, -0.2) is 56.7 Å². The Balaban J connectivity index is 1.41. The van der Waals surface area contributed by atoms with E-state index in [0.29, 0.717) is 41.8 Å². The lowest BCUT2D eigenvalue weighted by atomic mass is 10.2. The second-order valence-electron chi connectivity index (χ2n) is 7.09. The van der Waals surface area contributed by atoms with Gasteiger partial charge in [-0.15, -0.1) is 0 Å². The molecule has 0 saturated carbocycles. The van der Waals surface area contributed by atoms with Crippen molar-refractivity contribution in [1.82, 2.24) is 19.7 Å². The van der Waals surface area contributed by atoms with Crippen molar-refractivity contribution < 1.29 is 9.72 Å². The summed E-state index contributed by atoms with van der Waals surface area (Å²) in [5, 5.41) is 18.4. The lowest BCUT2D eigenvalue weighted by Gasteiger charge is -2.36. The fourth-order valence-corrected chi connectivity index (χ4v) is 3.84. The van der Waals surface area contributed by atoms with E-state index in [-0.39, 0.29) is 18.1 Å². The van der Waals surface area contributed by atoms with Gasteiger partial charge in [0, 0.05) is 54.6 Å². The molecule has 1 amide bonds. The Hall–Kier alpha value is -3.24. The first-order chi connectivity index (χ1) is 14.9. The highest BCUT2D eigenvalue weighted by Gasteiger charge is 2.23. The summed E-state index contributed by atoms with van der Waals surface area (Å²) >= 11 is 11.3. The van der Waals surface area contributed by atoms with Gasteiger partial charge in [-0.2, -0.15) is 5.10 Å². The molecule has 4 rings (SSSR count). The Morgan fingerprint density at radius 1 is 1.10 bits per heavy atom. The Labute approximate surface area is 188 Å².